The highest BCUT2D eigenvalue weighted by Crippen LogP contribution is 2.27. The summed E-state index contributed by atoms with van der Waals surface area (Å²) < 4.78 is 14.4. The van der Waals surface area contributed by atoms with Gasteiger partial charge in [0.25, 0.3) is 5.91 Å². The van der Waals surface area contributed by atoms with Crippen molar-refractivity contribution in [2.24, 2.45) is 0 Å². The van der Waals surface area contributed by atoms with Crippen molar-refractivity contribution in [3.63, 3.8) is 0 Å². The maximum absolute atomic E-state index is 14.1. The van der Waals surface area contributed by atoms with Crippen LogP contribution in [0, 0.1) is 5.82 Å². The van der Waals surface area contributed by atoms with E-state index < -0.39 is 23.9 Å². The Hall–Kier alpha value is -1.38. The van der Waals surface area contributed by atoms with E-state index in [2.05, 4.69) is 15.9 Å². The molecule has 1 heterocycles. The van der Waals surface area contributed by atoms with E-state index in [1.54, 1.807) is 0 Å². The van der Waals surface area contributed by atoms with Crippen LogP contribution in [0.2, 0.25) is 5.02 Å². The van der Waals surface area contributed by atoms with Crippen molar-refractivity contribution in [2.75, 3.05) is 26.2 Å². The first-order valence-electron chi connectivity index (χ1n) is 6.89. The number of halogens is 3. The SMILES string of the molecule is O=C(O)N1CCN(C(=O)c2cc(Cl)c(Br)cc2F)[C@@H](CCO)C1. The number of hydrogen-bond donors (Lipinski definition) is 2. The molecule has 0 saturated carbocycles. The van der Waals surface area contributed by atoms with Crippen molar-refractivity contribution >= 4 is 39.5 Å². The molecule has 1 fully saturated rings. The predicted octanol–water partition coefficient (Wildman–Crippen LogP) is 2.43. The van der Waals surface area contributed by atoms with Gasteiger partial charge in [0, 0.05) is 30.7 Å². The van der Waals surface area contributed by atoms with Crippen LogP contribution in [0.15, 0.2) is 16.6 Å². The van der Waals surface area contributed by atoms with Crippen LogP contribution in [-0.4, -0.2) is 64.3 Å². The summed E-state index contributed by atoms with van der Waals surface area (Å²) in [5, 5.41) is 18.4. The first-order valence-corrected chi connectivity index (χ1v) is 8.06. The smallest absolute Gasteiger partial charge is 0.407 e. The first kappa shape index (κ1) is 18.0. The number of aliphatic hydroxyl groups excluding tert-OH is 1. The summed E-state index contributed by atoms with van der Waals surface area (Å²) in [6.07, 6.45) is -0.876. The van der Waals surface area contributed by atoms with E-state index in [0.717, 1.165) is 6.07 Å². The van der Waals surface area contributed by atoms with Crippen LogP contribution in [0.5, 0.6) is 0 Å². The average Bonchev–Trinajstić information content (AvgIpc) is 2.50. The molecule has 1 aliphatic rings. The van der Waals surface area contributed by atoms with Crippen molar-refractivity contribution in [1.82, 2.24) is 9.80 Å². The van der Waals surface area contributed by atoms with Gasteiger partial charge in [-0.15, -0.1) is 0 Å². The third kappa shape index (κ3) is 3.94. The second-order valence-corrected chi connectivity index (χ2v) is 6.40. The van der Waals surface area contributed by atoms with E-state index >= 15 is 0 Å². The molecule has 1 aromatic carbocycles. The fraction of sp³-hybridized carbons (Fsp3) is 0.429. The monoisotopic (exact) mass is 408 g/mol. The quantitative estimate of drug-likeness (QED) is 0.751. The molecule has 0 radical (unpaired) electrons. The summed E-state index contributed by atoms with van der Waals surface area (Å²) >= 11 is 9.00. The van der Waals surface area contributed by atoms with Crippen molar-refractivity contribution in [2.45, 2.75) is 12.5 Å². The second kappa shape index (κ2) is 7.46. The highest BCUT2D eigenvalue weighted by Gasteiger charge is 2.33. The van der Waals surface area contributed by atoms with E-state index in [-0.39, 0.29) is 43.2 Å². The second-order valence-electron chi connectivity index (χ2n) is 5.14. The number of amides is 2. The van der Waals surface area contributed by atoms with Gasteiger partial charge in [-0.3, -0.25) is 4.79 Å². The molecular weight excluding hydrogens is 395 g/mol. The molecule has 0 aromatic heterocycles. The van der Waals surface area contributed by atoms with Crippen LogP contribution < -0.4 is 0 Å². The van der Waals surface area contributed by atoms with E-state index in [1.165, 1.54) is 15.9 Å². The third-order valence-electron chi connectivity index (χ3n) is 3.72. The first-order chi connectivity index (χ1) is 10.8. The fourth-order valence-electron chi connectivity index (χ4n) is 2.53. The highest BCUT2D eigenvalue weighted by atomic mass is 79.9. The lowest BCUT2D eigenvalue weighted by molar-refractivity contribution is 0.0394. The van der Waals surface area contributed by atoms with Crippen LogP contribution in [0.1, 0.15) is 16.8 Å². The van der Waals surface area contributed by atoms with E-state index in [9.17, 15) is 14.0 Å². The van der Waals surface area contributed by atoms with Gasteiger partial charge in [0.1, 0.15) is 5.82 Å². The topological polar surface area (TPSA) is 81.1 Å². The molecule has 2 rings (SSSR count). The molecule has 9 heteroatoms. The van der Waals surface area contributed by atoms with Gasteiger partial charge in [-0.25, -0.2) is 9.18 Å². The van der Waals surface area contributed by atoms with Crippen molar-refractivity contribution in [3.05, 3.63) is 33.0 Å². The van der Waals surface area contributed by atoms with Gasteiger partial charge in [-0.05, 0) is 34.5 Å². The number of piperazine rings is 1. The Balaban J connectivity index is 2.26. The minimum Gasteiger partial charge on any atom is -0.465 e. The van der Waals surface area contributed by atoms with Crippen LogP contribution in [0.25, 0.3) is 0 Å². The lowest BCUT2D eigenvalue weighted by Crippen LogP contribution is -2.56. The third-order valence-corrected chi connectivity index (χ3v) is 4.91. The zero-order chi connectivity index (χ0) is 17.1. The van der Waals surface area contributed by atoms with Gasteiger partial charge in [0.2, 0.25) is 0 Å². The van der Waals surface area contributed by atoms with E-state index in [1.807, 2.05) is 0 Å². The largest absolute Gasteiger partial charge is 0.465 e. The molecule has 6 nitrogen and oxygen atoms in total. The van der Waals surface area contributed by atoms with Gasteiger partial charge in [-0.1, -0.05) is 11.6 Å². The standard InChI is InChI=1S/C14H15BrClFN2O4/c15-10-6-12(17)9(5-11(10)16)13(21)19-3-2-18(14(22)23)7-8(19)1-4-20/h5-6,8,20H,1-4,7H2,(H,22,23)/t8-/m0/s1. The number of rotatable bonds is 3. The van der Waals surface area contributed by atoms with E-state index in [4.69, 9.17) is 21.8 Å². The Kier molecular flexibility index (Phi) is 5.83. The summed E-state index contributed by atoms with van der Waals surface area (Å²) in [5.41, 5.74) is -0.176. The molecule has 0 aliphatic carbocycles. The molecule has 0 unspecified atom stereocenters. The van der Waals surface area contributed by atoms with Gasteiger partial charge >= 0.3 is 6.09 Å². The molecule has 1 saturated heterocycles. The number of carboxylic acid groups (broad SMARTS) is 1. The number of carbonyl (C=O) groups excluding carboxylic acids is 1. The average molecular weight is 410 g/mol. The Morgan fingerprint density at radius 2 is 2.09 bits per heavy atom. The summed E-state index contributed by atoms with van der Waals surface area (Å²) in [4.78, 5) is 26.2. The molecule has 0 bridgehead atoms. The normalized spacial score (nSPS) is 18.2. The number of benzene rings is 1. The molecule has 2 N–H and O–H groups in total. The van der Waals surface area contributed by atoms with Crippen LogP contribution in [-0.2, 0) is 0 Å². The molecule has 1 atom stereocenters. The van der Waals surface area contributed by atoms with Gasteiger partial charge in [0.15, 0.2) is 0 Å². The highest BCUT2D eigenvalue weighted by molar-refractivity contribution is 9.10. The molecule has 2 amide bonds. The number of carbonyl (C=O) groups is 2. The minimum absolute atomic E-state index is 0.0769. The van der Waals surface area contributed by atoms with Crippen molar-refractivity contribution < 1.29 is 24.2 Å². The van der Waals surface area contributed by atoms with Gasteiger partial charge < -0.3 is 20.0 Å². The Morgan fingerprint density at radius 1 is 1.39 bits per heavy atom. The Labute approximate surface area is 145 Å². The summed E-state index contributed by atoms with van der Waals surface area (Å²) in [6.45, 7) is 0.136. The fourth-order valence-corrected chi connectivity index (χ4v) is 3.01. The molecule has 0 spiro atoms. The number of aliphatic hydroxyl groups is 1. The van der Waals surface area contributed by atoms with Crippen molar-refractivity contribution in [1.29, 1.82) is 0 Å². The van der Waals surface area contributed by atoms with Gasteiger partial charge in [0.05, 0.1) is 16.6 Å². The zero-order valence-corrected chi connectivity index (χ0v) is 14.3. The lowest BCUT2D eigenvalue weighted by Gasteiger charge is -2.40. The maximum atomic E-state index is 14.1. The number of nitrogens with zero attached hydrogens (tertiary/aromatic N) is 2. The van der Waals surface area contributed by atoms with Crippen LogP contribution in [0.4, 0.5) is 9.18 Å². The van der Waals surface area contributed by atoms with Crippen LogP contribution >= 0.6 is 27.5 Å². The molecule has 1 aliphatic heterocycles. The summed E-state index contributed by atoms with van der Waals surface area (Å²) in [6, 6.07) is 1.84. The van der Waals surface area contributed by atoms with E-state index in [0.29, 0.717) is 4.47 Å². The summed E-state index contributed by atoms with van der Waals surface area (Å²) in [5.74, 6) is -1.28. The van der Waals surface area contributed by atoms with Crippen molar-refractivity contribution in [3.8, 4) is 0 Å². The van der Waals surface area contributed by atoms with Crippen LogP contribution in [0.3, 0.4) is 0 Å². The predicted molar refractivity (Wildman–Crippen MR) is 85.2 cm³/mol. The summed E-state index contributed by atoms with van der Waals surface area (Å²) in [7, 11) is 0. The lowest BCUT2D eigenvalue weighted by atomic mass is 10.1. The van der Waals surface area contributed by atoms with Gasteiger partial charge in [-0.2, -0.15) is 0 Å². The molecular formula is C14H15BrClFN2O4. The molecule has 23 heavy (non-hydrogen) atoms. The Bertz CT molecular complexity index is 631. The number of hydrogen-bond acceptors (Lipinski definition) is 3. The molecule has 126 valence electrons. The Morgan fingerprint density at radius 3 is 2.70 bits per heavy atom. The molecule has 1 aromatic rings. The minimum atomic E-state index is -1.09. The maximum Gasteiger partial charge on any atom is 0.407 e. The zero-order valence-electron chi connectivity index (χ0n) is 12.0.